The average molecular weight is 287 g/mol. The number of rotatable bonds is 5. The van der Waals surface area contributed by atoms with Crippen LogP contribution in [0, 0.1) is 5.41 Å². The maximum Gasteiger partial charge on any atom is 0.224 e. The zero-order valence-electron chi connectivity index (χ0n) is 9.13. The summed E-state index contributed by atoms with van der Waals surface area (Å²) in [6.45, 7) is 0.990. The molecular weight excluding hydrogens is 272 g/mol. The minimum absolute atomic E-state index is 0.0736. The molecule has 6 heteroatoms. The summed E-state index contributed by atoms with van der Waals surface area (Å²) < 4.78 is 0.834. The first-order valence-electron chi connectivity index (χ1n) is 5.24. The van der Waals surface area contributed by atoms with Crippen LogP contribution in [0.5, 0.6) is 0 Å². The monoisotopic (exact) mass is 286 g/mol. The average Bonchev–Trinajstić information content (AvgIpc) is 3.09. The van der Waals surface area contributed by atoms with Gasteiger partial charge in [0.2, 0.25) is 5.95 Å². The van der Waals surface area contributed by atoms with E-state index >= 15 is 0 Å². The Morgan fingerprint density at radius 1 is 1.56 bits per heavy atom. The van der Waals surface area contributed by atoms with Crippen LogP contribution in [0.3, 0.4) is 0 Å². The summed E-state index contributed by atoms with van der Waals surface area (Å²) >= 11 is 3.39. The summed E-state index contributed by atoms with van der Waals surface area (Å²) in [7, 11) is 1.78. The lowest BCUT2D eigenvalue weighted by Gasteiger charge is -2.14. The number of anilines is 2. The van der Waals surface area contributed by atoms with E-state index < -0.39 is 0 Å². The molecular formula is C10H15BrN4O. The smallest absolute Gasteiger partial charge is 0.224 e. The first-order chi connectivity index (χ1) is 7.69. The number of nitrogens with one attached hydrogen (secondary N) is 2. The Hall–Kier alpha value is -0.880. The van der Waals surface area contributed by atoms with Gasteiger partial charge >= 0.3 is 0 Å². The molecule has 0 radical (unpaired) electrons. The maximum absolute atomic E-state index is 9.21. The van der Waals surface area contributed by atoms with E-state index in [0.29, 0.717) is 5.95 Å². The second-order valence-corrected chi connectivity index (χ2v) is 5.01. The Bertz CT molecular complexity index is 381. The number of aliphatic hydroxyl groups is 1. The summed E-state index contributed by atoms with van der Waals surface area (Å²) in [6, 6.07) is 0. The Morgan fingerprint density at radius 2 is 2.31 bits per heavy atom. The molecule has 1 aliphatic rings. The van der Waals surface area contributed by atoms with Crippen molar-refractivity contribution in [3.63, 3.8) is 0 Å². The topological polar surface area (TPSA) is 70.1 Å². The van der Waals surface area contributed by atoms with Crippen molar-refractivity contribution >= 4 is 27.7 Å². The second kappa shape index (κ2) is 4.55. The van der Waals surface area contributed by atoms with Crippen molar-refractivity contribution in [1.29, 1.82) is 0 Å². The summed E-state index contributed by atoms with van der Waals surface area (Å²) in [4.78, 5) is 8.37. The fraction of sp³-hybridized carbons (Fsp3) is 0.600. The van der Waals surface area contributed by atoms with E-state index in [1.54, 1.807) is 13.2 Å². The predicted molar refractivity (Wildman–Crippen MR) is 66.5 cm³/mol. The van der Waals surface area contributed by atoms with Crippen LogP contribution in [0.25, 0.3) is 0 Å². The van der Waals surface area contributed by atoms with Crippen molar-refractivity contribution in [2.45, 2.75) is 12.8 Å². The normalized spacial score (nSPS) is 16.9. The number of hydrogen-bond donors (Lipinski definition) is 3. The van der Waals surface area contributed by atoms with E-state index in [9.17, 15) is 5.11 Å². The van der Waals surface area contributed by atoms with E-state index in [1.165, 1.54) is 0 Å². The van der Waals surface area contributed by atoms with Crippen LogP contribution in [0.15, 0.2) is 10.7 Å². The third-order valence-corrected chi connectivity index (χ3v) is 3.47. The van der Waals surface area contributed by atoms with E-state index in [4.69, 9.17) is 0 Å². The van der Waals surface area contributed by atoms with Crippen molar-refractivity contribution in [2.24, 2.45) is 5.41 Å². The summed E-state index contributed by atoms with van der Waals surface area (Å²) in [5.74, 6) is 1.35. The third-order valence-electron chi connectivity index (χ3n) is 2.89. The highest BCUT2D eigenvalue weighted by Crippen LogP contribution is 2.45. The molecule has 16 heavy (non-hydrogen) atoms. The van der Waals surface area contributed by atoms with Crippen molar-refractivity contribution in [2.75, 3.05) is 30.8 Å². The van der Waals surface area contributed by atoms with Crippen molar-refractivity contribution in [1.82, 2.24) is 9.97 Å². The van der Waals surface area contributed by atoms with E-state index in [1.807, 2.05) is 0 Å². The molecule has 1 aromatic heterocycles. The quantitative estimate of drug-likeness (QED) is 0.765. The highest BCUT2D eigenvalue weighted by atomic mass is 79.9. The molecule has 1 heterocycles. The van der Waals surface area contributed by atoms with Crippen LogP contribution in [0.1, 0.15) is 12.8 Å². The Kier molecular flexibility index (Phi) is 3.30. The number of aromatic nitrogens is 2. The van der Waals surface area contributed by atoms with Crippen molar-refractivity contribution in [3.8, 4) is 0 Å². The molecule has 3 N–H and O–H groups in total. The molecule has 0 atom stereocenters. The summed E-state index contributed by atoms with van der Waals surface area (Å²) in [6.07, 6.45) is 3.87. The molecule has 0 aromatic carbocycles. The van der Waals surface area contributed by atoms with Gasteiger partial charge in [0, 0.05) is 25.2 Å². The van der Waals surface area contributed by atoms with Crippen LogP contribution in [-0.4, -0.2) is 35.3 Å². The van der Waals surface area contributed by atoms with Gasteiger partial charge in [0.1, 0.15) is 5.82 Å². The highest BCUT2D eigenvalue weighted by molar-refractivity contribution is 9.10. The molecule has 2 rings (SSSR count). The van der Waals surface area contributed by atoms with Crippen LogP contribution >= 0.6 is 15.9 Å². The molecule has 0 amide bonds. The zero-order valence-corrected chi connectivity index (χ0v) is 10.7. The SMILES string of the molecule is CNc1ncc(Br)c(NCC2(CO)CC2)n1. The molecule has 0 aliphatic heterocycles. The lowest BCUT2D eigenvalue weighted by atomic mass is 10.1. The molecule has 1 aromatic rings. The van der Waals surface area contributed by atoms with E-state index in [0.717, 1.165) is 29.7 Å². The van der Waals surface area contributed by atoms with E-state index in [2.05, 4.69) is 36.5 Å². The van der Waals surface area contributed by atoms with E-state index in [-0.39, 0.29) is 12.0 Å². The number of hydrogen-bond acceptors (Lipinski definition) is 5. The van der Waals surface area contributed by atoms with Gasteiger partial charge in [0.15, 0.2) is 0 Å². The summed E-state index contributed by atoms with van der Waals surface area (Å²) in [5.41, 5.74) is 0.0736. The standard InChI is InChI=1S/C10H15BrN4O/c1-12-9-13-4-7(11)8(15-9)14-5-10(6-16)2-3-10/h4,16H,2-3,5-6H2,1H3,(H2,12,13,14,15). The fourth-order valence-corrected chi connectivity index (χ4v) is 1.78. The van der Waals surface area contributed by atoms with Crippen LogP contribution in [-0.2, 0) is 0 Å². The van der Waals surface area contributed by atoms with Gasteiger partial charge in [-0.05, 0) is 28.8 Å². The van der Waals surface area contributed by atoms with Gasteiger partial charge in [0.05, 0.1) is 11.1 Å². The fourth-order valence-electron chi connectivity index (χ4n) is 1.45. The zero-order chi connectivity index (χ0) is 11.6. The lowest BCUT2D eigenvalue weighted by Crippen LogP contribution is -2.20. The van der Waals surface area contributed by atoms with Gasteiger partial charge in [0.25, 0.3) is 0 Å². The molecule has 0 spiro atoms. The van der Waals surface area contributed by atoms with Crippen LogP contribution < -0.4 is 10.6 Å². The molecule has 0 saturated heterocycles. The molecule has 5 nitrogen and oxygen atoms in total. The van der Waals surface area contributed by atoms with Gasteiger partial charge in [-0.1, -0.05) is 0 Å². The van der Waals surface area contributed by atoms with Gasteiger partial charge in [-0.2, -0.15) is 4.98 Å². The summed E-state index contributed by atoms with van der Waals surface area (Å²) in [5, 5.41) is 15.3. The molecule has 0 unspecified atom stereocenters. The molecule has 1 aliphatic carbocycles. The first kappa shape index (κ1) is 11.6. The molecule has 0 bridgehead atoms. The van der Waals surface area contributed by atoms with Gasteiger partial charge < -0.3 is 15.7 Å². The van der Waals surface area contributed by atoms with Crippen LogP contribution in [0.4, 0.5) is 11.8 Å². The minimum atomic E-state index is 0.0736. The number of nitrogens with zero attached hydrogens (tertiary/aromatic N) is 2. The second-order valence-electron chi connectivity index (χ2n) is 4.15. The lowest BCUT2D eigenvalue weighted by molar-refractivity contribution is 0.219. The molecule has 1 fully saturated rings. The van der Waals surface area contributed by atoms with Crippen LogP contribution in [0.2, 0.25) is 0 Å². The third kappa shape index (κ3) is 2.44. The first-order valence-corrected chi connectivity index (χ1v) is 6.03. The Labute approximate surface area is 103 Å². The predicted octanol–water partition coefficient (Wildman–Crippen LogP) is 1.47. The molecule has 88 valence electrons. The molecule has 1 saturated carbocycles. The number of aliphatic hydroxyl groups excluding tert-OH is 1. The van der Waals surface area contributed by atoms with Gasteiger partial charge in [-0.3, -0.25) is 0 Å². The van der Waals surface area contributed by atoms with Gasteiger partial charge in [-0.25, -0.2) is 4.98 Å². The minimum Gasteiger partial charge on any atom is -0.396 e. The van der Waals surface area contributed by atoms with Crippen molar-refractivity contribution < 1.29 is 5.11 Å². The number of halogens is 1. The van der Waals surface area contributed by atoms with Crippen molar-refractivity contribution in [3.05, 3.63) is 10.7 Å². The highest BCUT2D eigenvalue weighted by Gasteiger charge is 2.41. The van der Waals surface area contributed by atoms with Gasteiger partial charge in [-0.15, -0.1) is 0 Å². The Morgan fingerprint density at radius 3 is 2.88 bits per heavy atom. The largest absolute Gasteiger partial charge is 0.396 e. The maximum atomic E-state index is 9.21. The Balaban J connectivity index is 2.03.